The highest BCUT2D eigenvalue weighted by atomic mass is 14.2. The van der Waals surface area contributed by atoms with Gasteiger partial charge < -0.3 is 0 Å². The van der Waals surface area contributed by atoms with E-state index in [4.69, 9.17) is 0 Å². The van der Waals surface area contributed by atoms with Gasteiger partial charge in [0.1, 0.15) is 0 Å². The quantitative estimate of drug-likeness (QED) is 0.603. The molecule has 0 radical (unpaired) electrons. The minimum atomic E-state index is 1.05. The van der Waals surface area contributed by atoms with Gasteiger partial charge in [0, 0.05) is 0 Å². The van der Waals surface area contributed by atoms with Crippen molar-refractivity contribution in [1.82, 2.24) is 0 Å². The molecule has 0 heteroatoms. The van der Waals surface area contributed by atoms with Gasteiger partial charge in [-0.2, -0.15) is 0 Å². The summed E-state index contributed by atoms with van der Waals surface area (Å²) >= 11 is 0. The van der Waals surface area contributed by atoms with Gasteiger partial charge in [0.05, 0.1) is 0 Å². The van der Waals surface area contributed by atoms with E-state index in [0.29, 0.717) is 0 Å². The smallest absolute Gasteiger partial charge is 0.0280 e. The lowest BCUT2D eigenvalue weighted by Gasteiger charge is -2.10. The lowest BCUT2D eigenvalue weighted by Crippen LogP contribution is -1.94. The minimum Gasteiger partial charge on any atom is -0.0840 e. The van der Waals surface area contributed by atoms with E-state index < -0.39 is 0 Å². The van der Waals surface area contributed by atoms with Crippen molar-refractivity contribution in [2.75, 3.05) is 0 Å². The van der Waals surface area contributed by atoms with Gasteiger partial charge in [0.2, 0.25) is 0 Å². The summed E-state index contributed by atoms with van der Waals surface area (Å²) < 4.78 is 0. The fraction of sp³-hybridized carbons (Fsp3) is 0.692. The zero-order valence-corrected chi connectivity index (χ0v) is 8.47. The molecule has 0 amide bonds. The molecule has 0 atom stereocenters. The highest BCUT2D eigenvalue weighted by Gasteiger charge is 2.14. The van der Waals surface area contributed by atoms with Crippen LogP contribution in [-0.2, 0) is 0 Å². The third kappa shape index (κ3) is 2.72. The van der Waals surface area contributed by atoms with Crippen LogP contribution in [0.1, 0.15) is 51.4 Å². The van der Waals surface area contributed by atoms with E-state index in [-0.39, 0.29) is 0 Å². The second-order valence-corrected chi connectivity index (χ2v) is 4.45. The van der Waals surface area contributed by atoms with Gasteiger partial charge in [0.15, 0.2) is 0 Å². The Morgan fingerprint density at radius 1 is 1.15 bits per heavy atom. The second-order valence-electron chi connectivity index (χ2n) is 4.45. The standard InChI is InChI=1S/C13H20/c1-2-6-12(7-3-1)10-11-13-8-4-5-9-13/h2,6-7,13H,1,3-5,8-11H2. The summed E-state index contributed by atoms with van der Waals surface area (Å²) in [6.45, 7) is 0. The first kappa shape index (κ1) is 9.05. The Morgan fingerprint density at radius 3 is 2.69 bits per heavy atom. The number of rotatable bonds is 3. The summed E-state index contributed by atoms with van der Waals surface area (Å²) in [7, 11) is 0. The Bertz CT molecular complexity index is 204. The molecule has 2 aliphatic carbocycles. The number of hydrogen-bond donors (Lipinski definition) is 0. The van der Waals surface area contributed by atoms with E-state index in [0.717, 1.165) is 5.92 Å². The van der Waals surface area contributed by atoms with Crippen molar-refractivity contribution in [3.8, 4) is 0 Å². The van der Waals surface area contributed by atoms with Gasteiger partial charge in [-0.3, -0.25) is 0 Å². The maximum atomic E-state index is 2.43. The van der Waals surface area contributed by atoms with Crippen molar-refractivity contribution in [1.29, 1.82) is 0 Å². The fourth-order valence-electron chi connectivity index (χ4n) is 2.52. The van der Waals surface area contributed by atoms with Crippen molar-refractivity contribution >= 4 is 0 Å². The Hall–Kier alpha value is -0.520. The second kappa shape index (κ2) is 4.64. The molecule has 0 aromatic heterocycles. The summed E-state index contributed by atoms with van der Waals surface area (Å²) in [5, 5.41) is 0. The molecule has 72 valence electrons. The lowest BCUT2D eigenvalue weighted by molar-refractivity contribution is 0.504. The predicted octanol–water partition coefficient (Wildman–Crippen LogP) is 4.23. The van der Waals surface area contributed by atoms with Crippen molar-refractivity contribution in [3.63, 3.8) is 0 Å². The summed E-state index contributed by atoms with van der Waals surface area (Å²) in [6, 6.07) is 0. The molecular weight excluding hydrogens is 156 g/mol. The van der Waals surface area contributed by atoms with Crippen LogP contribution in [0.2, 0.25) is 0 Å². The summed E-state index contributed by atoms with van der Waals surface area (Å²) in [5.41, 5.74) is 1.60. The minimum absolute atomic E-state index is 1.05. The molecule has 0 aromatic carbocycles. The third-order valence-corrected chi connectivity index (χ3v) is 3.39. The Labute approximate surface area is 81.7 Å². The van der Waals surface area contributed by atoms with Crippen molar-refractivity contribution in [2.24, 2.45) is 5.92 Å². The van der Waals surface area contributed by atoms with Crippen molar-refractivity contribution in [3.05, 3.63) is 23.8 Å². The zero-order chi connectivity index (χ0) is 8.93. The van der Waals surface area contributed by atoms with Crippen LogP contribution in [0.15, 0.2) is 23.8 Å². The van der Waals surface area contributed by atoms with Crippen LogP contribution < -0.4 is 0 Å². The third-order valence-electron chi connectivity index (χ3n) is 3.39. The average Bonchev–Trinajstić information content (AvgIpc) is 2.69. The monoisotopic (exact) mass is 176 g/mol. The van der Waals surface area contributed by atoms with Gasteiger partial charge in [-0.25, -0.2) is 0 Å². The van der Waals surface area contributed by atoms with Gasteiger partial charge in [-0.15, -0.1) is 0 Å². The summed E-state index contributed by atoms with van der Waals surface area (Å²) in [4.78, 5) is 0. The molecule has 1 fully saturated rings. The van der Waals surface area contributed by atoms with Crippen LogP contribution in [-0.4, -0.2) is 0 Å². The van der Waals surface area contributed by atoms with E-state index in [2.05, 4.69) is 18.2 Å². The molecule has 0 nitrogen and oxygen atoms in total. The summed E-state index contributed by atoms with van der Waals surface area (Å²) in [5.74, 6) is 1.05. The van der Waals surface area contributed by atoms with Crippen LogP contribution in [0, 0.1) is 5.92 Å². The first-order chi connectivity index (χ1) is 6.45. The Morgan fingerprint density at radius 2 is 2.00 bits per heavy atom. The molecule has 0 spiro atoms. The predicted molar refractivity (Wildman–Crippen MR) is 57.6 cm³/mol. The SMILES string of the molecule is C1=CC(CCC2CCCC2)=CCC1. The lowest BCUT2D eigenvalue weighted by atomic mass is 9.95. The molecule has 0 N–H and O–H groups in total. The maximum absolute atomic E-state index is 2.43. The molecule has 0 aromatic rings. The fourth-order valence-corrected chi connectivity index (χ4v) is 2.52. The van der Waals surface area contributed by atoms with E-state index in [9.17, 15) is 0 Å². The van der Waals surface area contributed by atoms with Crippen molar-refractivity contribution < 1.29 is 0 Å². The molecule has 1 saturated carbocycles. The Kier molecular flexibility index (Phi) is 3.23. The van der Waals surface area contributed by atoms with E-state index >= 15 is 0 Å². The van der Waals surface area contributed by atoms with Crippen LogP contribution in [0.4, 0.5) is 0 Å². The molecular formula is C13H20. The molecule has 0 unspecified atom stereocenters. The van der Waals surface area contributed by atoms with Crippen LogP contribution >= 0.6 is 0 Å². The van der Waals surface area contributed by atoms with Crippen molar-refractivity contribution in [2.45, 2.75) is 51.4 Å². The molecule has 2 rings (SSSR count). The van der Waals surface area contributed by atoms with Crippen LogP contribution in [0.3, 0.4) is 0 Å². The molecule has 13 heavy (non-hydrogen) atoms. The Balaban J connectivity index is 1.72. The largest absolute Gasteiger partial charge is 0.0840 e. The van der Waals surface area contributed by atoms with Crippen LogP contribution in [0.5, 0.6) is 0 Å². The first-order valence-corrected chi connectivity index (χ1v) is 5.81. The number of allylic oxidation sites excluding steroid dienone is 4. The van der Waals surface area contributed by atoms with E-state index in [1.807, 2.05) is 0 Å². The normalized spacial score (nSPS) is 23.5. The average molecular weight is 176 g/mol. The topological polar surface area (TPSA) is 0 Å². The molecule has 2 aliphatic rings. The van der Waals surface area contributed by atoms with E-state index in [1.165, 1.54) is 51.4 Å². The van der Waals surface area contributed by atoms with E-state index in [1.54, 1.807) is 5.57 Å². The van der Waals surface area contributed by atoms with Gasteiger partial charge in [-0.05, 0) is 31.6 Å². The molecule has 0 saturated heterocycles. The molecule has 0 bridgehead atoms. The highest BCUT2D eigenvalue weighted by Crippen LogP contribution is 2.30. The maximum Gasteiger partial charge on any atom is -0.0280 e. The highest BCUT2D eigenvalue weighted by molar-refractivity contribution is 5.21. The summed E-state index contributed by atoms with van der Waals surface area (Å²) in [6.07, 6.45) is 18.4. The molecule has 0 heterocycles. The van der Waals surface area contributed by atoms with Gasteiger partial charge in [-0.1, -0.05) is 49.5 Å². The van der Waals surface area contributed by atoms with Crippen LogP contribution in [0.25, 0.3) is 0 Å². The van der Waals surface area contributed by atoms with Gasteiger partial charge >= 0.3 is 0 Å². The zero-order valence-electron chi connectivity index (χ0n) is 8.47. The first-order valence-electron chi connectivity index (χ1n) is 5.81. The molecule has 0 aliphatic heterocycles. The number of hydrogen-bond acceptors (Lipinski definition) is 0. The van der Waals surface area contributed by atoms with Gasteiger partial charge in [0.25, 0.3) is 0 Å².